The van der Waals surface area contributed by atoms with Crippen molar-refractivity contribution >= 4 is 18.4 Å². The van der Waals surface area contributed by atoms with Crippen molar-refractivity contribution in [3.05, 3.63) is 40.4 Å². The molecule has 0 aliphatic heterocycles. The number of phenolic OH excluding ortho intramolecular Hbond substituents is 1. The molecule has 0 unspecified atom stereocenters. The first-order valence-electron chi connectivity index (χ1n) is 4.96. The van der Waals surface area contributed by atoms with Crippen LogP contribution in [0.25, 0.3) is 0 Å². The van der Waals surface area contributed by atoms with Crippen LogP contribution in [-0.4, -0.2) is 26.2 Å². The molecule has 9 heteroatoms. The third-order valence-corrected chi connectivity index (χ3v) is 2.38. The van der Waals surface area contributed by atoms with E-state index in [1.54, 1.807) is 0 Å². The quantitative estimate of drug-likeness (QED) is 0.659. The van der Waals surface area contributed by atoms with E-state index in [9.17, 15) is 13.2 Å². The lowest BCUT2D eigenvalue weighted by atomic mass is 10.2. The van der Waals surface area contributed by atoms with Gasteiger partial charge in [0.2, 0.25) is 4.77 Å². The third-order valence-electron chi connectivity index (χ3n) is 2.12. The van der Waals surface area contributed by atoms with E-state index in [0.29, 0.717) is 10.2 Å². The molecule has 2 rings (SSSR count). The first-order valence-corrected chi connectivity index (χ1v) is 5.37. The van der Waals surface area contributed by atoms with E-state index < -0.39 is 12.0 Å². The van der Waals surface area contributed by atoms with Crippen LogP contribution >= 0.6 is 12.2 Å². The van der Waals surface area contributed by atoms with Crippen molar-refractivity contribution in [2.45, 2.75) is 6.18 Å². The Kier molecular flexibility index (Phi) is 3.38. The highest BCUT2D eigenvalue weighted by molar-refractivity contribution is 7.71. The second-order valence-corrected chi connectivity index (χ2v) is 3.88. The molecule has 0 saturated carbocycles. The monoisotopic (exact) mass is 288 g/mol. The third kappa shape index (κ3) is 2.99. The number of H-pyrrole nitrogens is 1. The summed E-state index contributed by atoms with van der Waals surface area (Å²) in [7, 11) is 0. The lowest BCUT2D eigenvalue weighted by Gasteiger charge is -2.03. The largest absolute Gasteiger partial charge is 0.508 e. The number of aromatic hydroxyl groups is 1. The SMILES string of the molecule is Oc1ccc(C=Nn2c(C(F)(F)F)n[nH]c2=S)cc1. The van der Waals surface area contributed by atoms with E-state index in [4.69, 9.17) is 5.11 Å². The molecule has 0 bridgehead atoms. The zero-order valence-corrected chi connectivity index (χ0v) is 10.0. The molecule has 100 valence electrons. The van der Waals surface area contributed by atoms with Gasteiger partial charge in [0.1, 0.15) is 5.75 Å². The van der Waals surface area contributed by atoms with Crippen molar-refractivity contribution in [2.75, 3.05) is 0 Å². The van der Waals surface area contributed by atoms with Crippen molar-refractivity contribution in [3.63, 3.8) is 0 Å². The molecular weight excluding hydrogens is 281 g/mol. The Bertz CT molecular complexity index is 657. The van der Waals surface area contributed by atoms with Gasteiger partial charge in [-0.3, -0.25) is 0 Å². The second kappa shape index (κ2) is 4.84. The number of hydrogen-bond acceptors (Lipinski definition) is 4. The predicted octanol–water partition coefficient (Wildman–Crippen LogP) is 2.55. The minimum atomic E-state index is -4.65. The molecule has 0 amide bonds. The zero-order valence-electron chi connectivity index (χ0n) is 9.22. The van der Waals surface area contributed by atoms with Gasteiger partial charge in [-0.05, 0) is 42.0 Å². The summed E-state index contributed by atoms with van der Waals surface area (Å²) >= 11 is 4.67. The number of rotatable bonds is 2. The van der Waals surface area contributed by atoms with Crippen LogP contribution in [0.2, 0.25) is 0 Å². The van der Waals surface area contributed by atoms with Crippen LogP contribution in [0.4, 0.5) is 13.2 Å². The Labute approximate surface area is 110 Å². The van der Waals surface area contributed by atoms with Gasteiger partial charge >= 0.3 is 6.18 Å². The van der Waals surface area contributed by atoms with Gasteiger partial charge in [-0.15, -0.1) is 5.10 Å². The van der Waals surface area contributed by atoms with E-state index in [1.165, 1.54) is 30.5 Å². The number of benzene rings is 1. The maximum Gasteiger partial charge on any atom is 0.453 e. The molecule has 0 aliphatic carbocycles. The molecule has 0 aliphatic rings. The van der Waals surface area contributed by atoms with Gasteiger partial charge in [-0.1, -0.05) is 0 Å². The summed E-state index contributed by atoms with van der Waals surface area (Å²) in [6.45, 7) is 0. The summed E-state index contributed by atoms with van der Waals surface area (Å²) in [6.07, 6.45) is -3.47. The van der Waals surface area contributed by atoms with Crippen LogP contribution < -0.4 is 0 Å². The van der Waals surface area contributed by atoms with Crippen molar-refractivity contribution in [3.8, 4) is 5.75 Å². The molecule has 0 radical (unpaired) electrons. The fourth-order valence-electron chi connectivity index (χ4n) is 1.27. The molecule has 0 fully saturated rings. The summed E-state index contributed by atoms with van der Waals surface area (Å²) in [5, 5.41) is 17.8. The van der Waals surface area contributed by atoms with Gasteiger partial charge in [0, 0.05) is 0 Å². The minimum absolute atomic E-state index is 0.0491. The number of phenols is 1. The van der Waals surface area contributed by atoms with Crippen molar-refractivity contribution < 1.29 is 18.3 Å². The molecule has 0 atom stereocenters. The van der Waals surface area contributed by atoms with E-state index in [1.807, 2.05) is 5.10 Å². The summed E-state index contributed by atoms with van der Waals surface area (Å²) in [4.78, 5) is 0. The van der Waals surface area contributed by atoms with Crippen LogP contribution in [0.5, 0.6) is 5.75 Å². The highest BCUT2D eigenvalue weighted by Crippen LogP contribution is 2.27. The topological polar surface area (TPSA) is 66.2 Å². The average Bonchev–Trinajstić information content (AvgIpc) is 2.70. The summed E-state index contributed by atoms with van der Waals surface area (Å²) in [5.74, 6) is -1.18. The van der Waals surface area contributed by atoms with E-state index in [-0.39, 0.29) is 10.5 Å². The lowest BCUT2D eigenvalue weighted by Crippen LogP contribution is -2.12. The number of hydrogen-bond donors (Lipinski definition) is 2. The first kappa shape index (κ1) is 13.3. The van der Waals surface area contributed by atoms with Crippen molar-refractivity contribution in [2.24, 2.45) is 5.10 Å². The van der Waals surface area contributed by atoms with Gasteiger partial charge in [-0.2, -0.15) is 22.9 Å². The van der Waals surface area contributed by atoms with Gasteiger partial charge in [0.25, 0.3) is 5.82 Å². The molecule has 0 saturated heterocycles. The molecule has 2 aromatic rings. The van der Waals surface area contributed by atoms with Crippen LogP contribution in [0, 0.1) is 4.77 Å². The summed E-state index contributed by atoms with van der Waals surface area (Å²) < 4.78 is 38.0. The fourth-order valence-corrected chi connectivity index (χ4v) is 1.45. The predicted molar refractivity (Wildman–Crippen MR) is 63.5 cm³/mol. The van der Waals surface area contributed by atoms with Crippen LogP contribution in [0.1, 0.15) is 11.4 Å². The smallest absolute Gasteiger partial charge is 0.453 e. The number of alkyl halides is 3. The van der Waals surface area contributed by atoms with Crippen LogP contribution in [0.15, 0.2) is 29.4 Å². The highest BCUT2D eigenvalue weighted by atomic mass is 32.1. The minimum Gasteiger partial charge on any atom is -0.508 e. The highest BCUT2D eigenvalue weighted by Gasteiger charge is 2.37. The Hall–Kier alpha value is -2.16. The Morgan fingerprint density at radius 1 is 1.32 bits per heavy atom. The Morgan fingerprint density at radius 3 is 2.53 bits per heavy atom. The Balaban J connectivity index is 2.36. The number of nitrogens with zero attached hydrogens (tertiary/aromatic N) is 3. The fraction of sp³-hybridized carbons (Fsp3) is 0.100. The van der Waals surface area contributed by atoms with E-state index in [2.05, 4.69) is 22.4 Å². The Morgan fingerprint density at radius 2 is 1.95 bits per heavy atom. The van der Waals surface area contributed by atoms with Crippen LogP contribution in [0.3, 0.4) is 0 Å². The second-order valence-electron chi connectivity index (χ2n) is 3.50. The lowest BCUT2D eigenvalue weighted by molar-refractivity contribution is -0.147. The van der Waals surface area contributed by atoms with Crippen molar-refractivity contribution in [1.29, 1.82) is 0 Å². The zero-order chi connectivity index (χ0) is 14.0. The molecule has 2 N–H and O–H groups in total. The van der Waals surface area contributed by atoms with E-state index >= 15 is 0 Å². The number of halogens is 3. The van der Waals surface area contributed by atoms with Crippen LogP contribution in [-0.2, 0) is 6.18 Å². The number of aromatic nitrogens is 3. The van der Waals surface area contributed by atoms with Gasteiger partial charge in [0.15, 0.2) is 0 Å². The molecule has 1 heterocycles. The average molecular weight is 288 g/mol. The first-order chi connectivity index (χ1) is 8.88. The van der Waals surface area contributed by atoms with Crippen molar-refractivity contribution in [1.82, 2.24) is 14.9 Å². The molecular formula is C10H7F3N4OS. The normalized spacial score (nSPS) is 12.2. The summed E-state index contributed by atoms with van der Waals surface area (Å²) in [6, 6.07) is 5.77. The summed E-state index contributed by atoms with van der Waals surface area (Å²) in [5.41, 5.74) is 0.508. The van der Waals surface area contributed by atoms with E-state index in [0.717, 1.165) is 0 Å². The van der Waals surface area contributed by atoms with Gasteiger partial charge in [0.05, 0.1) is 6.21 Å². The molecule has 1 aromatic heterocycles. The molecule has 0 spiro atoms. The molecule has 19 heavy (non-hydrogen) atoms. The van der Waals surface area contributed by atoms with Gasteiger partial charge < -0.3 is 5.11 Å². The standard InChI is InChI=1S/C10H7F3N4OS/c11-10(12,13)8-15-16-9(19)17(8)14-5-6-1-3-7(18)4-2-6/h1-5,18H,(H,16,19). The number of nitrogens with one attached hydrogen (secondary N) is 1. The number of aromatic amines is 1. The molecule has 1 aromatic carbocycles. The maximum absolute atomic E-state index is 12.6. The maximum atomic E-state index is 12.6. The molecule has 5 nitrogen and oxygen atoms in total. The van der Waals surface area contributed by atoms with Gasteiger partial charge in [-0.25, -0.2) is 5.10 Å².